The van der Waals surface area contributed by atoms with Gasteiger partial charge < -0.3 is 9.53 Å². The van der Waals surface area contributed by atoms with Gasteiger partial charge in [0.2, 0.25) is 0 Å². The van der Waals surface area contributed by atoms with E-state index >= 15 is 0 Å². The molecule has 0 amide bonds. The standard InChI is InChI=1S/C21H33NO3S/c1-14(16-9-11-22(12-10-16)21(3,4)5)19-15(2)18(20(24)25-6)17(26-19)8-7-13-23/h13-14,16H,7-12H2,1-6H3/t14-/m1/s1. The fourth-order valence-corrected chi connectivity index (χ4v) is 5.50. The van der Waals surface area contributed by atoms with E-state index in [1.807, 2.05) is 6.92 Å². The Balaban J connectivity index is 2.21. The summed E-state index contributed by atoms with van der Waals surface area (Å²) < 4.78 is 5.00. The smallest absolute Gasteiger partial charge is 0.339 e. The van der Waals surface area contributed by atoms with Gasteiger partial charge in [-0.05, 0) is 77.4 Å². The number of esters is 1. The van der Waals surface area contributed by atoms with Crippen molar-refractivity contribution in [3.63, 3.8) is 0 Å². The van der Waals surface area contributed by atoms with Crippen molar-refractivity contribution in [3.8, 4) is 0 Å². The first-order valence-electron chi connectivity index (χ1n) is 9.59. The number of aryl methyl sites for hydroxylation is 1. The minimum absolute atomic E-state index is 0.229. The molecule has 1 aliphatic heterocycles. The third kappa shape index (κ3) is 4.55. The van der Waals surface area contributed by atoms with Crippen molar-refractivity contribution in [1.82, 2.24) is 4.90 Å². The molecule has 1 aliphatic rings. The predicted octanol–water partition coefficient (Wildman–Crippen LogP) is 4.59. The van der Waals surface area contributed by atoms with Crippen LogP contribution >= 0.6 is 11.3 Å². The van der Waals surface area contributed by atoms with Gasteiger partial charge in [-0.15, -0.1) is 11.3 Å². The van der Waals surface area contributed by atoms with Crippen LogP contribution in [0.15, 0.2) is 0 Å². The first-order chi connectivity index (χ1) is 12.2. The quantitative estimate of drug-likeness (QED) is 0.536. The molecule has 0 radical (unpaired) electrons. The molecule has 0 unspecified atom stereocenters. The molecule has 0 saturated carbocycles. The molecule has 1 saturated heterocycles. The van der Waals surface area contributed by atoms with E-state index in [1.165, 1.54) is 24.8 Å². The number of carbonyl (C=O) groups excluding carboxylic acids is 2. The van der Waals surface area contributed by atoms with Crippen LogP contribution in [-0.2, 0) is 16.0 Å². The zero-order valence-corrected chi connectivity index (χ0v) is 17.9. The van der Waals surface area contributed by atoms with Gasteiger partial charge in [0.05, 0.1) is 12.7 Å². The fourth-order valence-electron chi connectivity index (χ4n) is 4.05. The number of nitrogens with zero attached hydrogens (tertiary/aromatic N) is 1. The average molecular weight is 380 g/mol. The lowest BCUT2D eigenvalue weighted by atomic mass is 9.82. The van der Waals surface area contributed by atoms with Gasteiger partial charge in [-0.1, -0.05) is 6.92 Å². The van der Waals surface area contributed by atoms with Gasteiger partial charge in [-0.3, -0.25) is 4.90 Å². The van der Waals surface area contributed by atoms with E-state index in [2.05, 4.69) is 32.6 Å². The lowest BCUT2D eigenvalue weighted by Gasteiger charge is -2.42. The first kappa shape index (κ1) is 21.1. The number of hydrogen-bond donors (Lipinski definition) is 0. The minimum atomic E-state index is -0.277. The Bertz CT molecular complexity index is 636. The Morgan fingerprint density at radius 1 is 1.35 bits per heavy atom. The van der Waals surface area contributed by atoms with Gasteiger partial charge in [0.15, 0.2) is 0 Å². The normalized spacial score (nSPS) is 17.9. The van der Waals surface area contributed by atoms with Crippen LogP contribution in [0.5, 0.6) is 0 Å². The van der Waals surface area contributed by atoms with Crippen molar-refractivity contribution >= 4 is 23.6 Å². The number of piperidine rings is 1. The van der Waals surface area contributed by atoms with E-state index < -0.39 is 0 Å². The highest BCUT2D eigenvalue weighted by Crippen LogP contribution is 2.41. The largest absolute Gasteiger partial charge is 0.465 e. The number of ether oxygens (including phenoxy) is 1. The summed E-state index contributed by atoms with van der Waals surface area (Å²) in [6.07, 6.45) is 4.36. The van der Waals surface area contributed by atoms with E-state index in [9.17, 15) is 9.59 Å². The Kier molecular flexibility index (Phi) is 7.03. The Hall–Kier alpha value is -1.20. The van der Waals surface area contributed by atoms with Gasteiger partial charge in [-0.25, -0.2) is 4.79 Å². The van der Waals surface area contributed by atoms with E-state index in [0.29, 0.717) is 30.2 Å². The molecule has 1 fully saturated rings. The SMILES string of the molecule is COC(=O)c1c(CCC=O)sc([C@H](C)C2CCN(C(C)(C)C)CC2)c1C. The number of aldehydes is 1. The summed E-state index contributed by atoms with van der Waals surface area (Å²) in [6, 6.07) is 0. The zero-order chi connectivity index (χ0) is 19.5. The summed E-state index contributed by atoms with van der Waals surface area (Å²) in [5.74, 6) is 0.784. The molecule has 1 aromatic heterocycles. The van der Waals surface area contributed by atoms with Crippen molar-refractivity contribution < 1.29 is 14.3 Å². The van der Waals surface area contributed by atoms with Crippen LogP contribution in [0, 0.1) is 12.8 Å². The molecule has 1 aromatic rings. The highest BCUT2D eigenvalue weighted by molar-refractivity contribution is 7.12. The van der Waals surface area contributed by atoms with Crippen LogP contribution in [0.2, 0.25) is 0 Å². The van der Waals surface area contributed by atoms with Crippen LogP contribution in [-0.4, -0.2) is 42.9 Å². The Labute approximate surface area is 161 Å². The number of hydrogen-bond acceptors (Lipinski definition) is 5. The van der Waals surface area contributed by atoms with Crippen molar-refractivity contribution in [3.05, 3.63) is 20.9 Å². The summed E-state index contributed by atoms with van der Waals surface area (Å²) in [7, 11) is 1.42. The predicted molar refractivity (Wildman–Crippen MR) is 107 cm³/mol. The zero-order valence-electron chi connectivity index (χ0n) is 17.1. The van der Waals surface area contributed by atoms with Crippen LogP contribution in [0.3, 0.4) is 0 Å². The molecular formula is C21H33NO3S. The number of thiophene rings is 1. The number of rotatable bonds is 6. The van der Waals surface area contributed by atoms with Crippen LogP contribution in [0.25, 0.3) is 0 Å². The van der Waals surface area contributed by atoms with Crippen molar-refractivity contribution in [1.29, 1.82) is 0 Å². The van der Waals surface area contributed by atoms with Crippen molar-refractivity contribution in [2.45, 2.75) is 71.8 Å². The van der Waals surface area contributed by atoms with Crippen LogP contribution in [0.1, 0.15) is 78.6 Å². The van der Waals surface area contributed by atoms with Crippen LogP contribution in [0.4, 0.5) is 0 Å². The number of methoxy groups -OCH3 is 1. The molecule has 5 heteroatoms. The molecule has 146 valence electrons. The second-order valence-electron chi connectivity index (χ2n) is 8.37. The lowest BCUT2D eigenvalue weighted by molar-refractivity contribution is -0.107. The monoisotopic (exact) mass is 379 g/mol. The molecule has 0 bridgehead atoms. The van der Waals surface area contributed by atoms with E-state index in [0.717, 1.165) is 29.8 Å². The van der Waals surface area contributed by atoms with Gasteiger partial charge in [0.25, 0.3) is 0 Å². The van der Waals surface area contributed by atoms with Gasteiger partial charge in [0, 0.05) is 21.7 Å². The Morgan fingerprint density at radius 3 is 2.46 bits per heavy atom. The molecule has 26 heavy (non-hydrogen) atoms. The fraction of sp³-hybridized carbons (Fsp3) is 0.714. The van der Waals surface area contributed by atoms with E-state index in [4.69, 9.17) is 4.74 Å². The highest BCUT2D eigenvalue weighted by Gasteiger charge is 2.32. The van der Waals surface area contributed by atoms with E-state index in [-0.39, 0.29) is 11.5 Å². The van der Waals surface area contributed by atoms with Gasteiger partial charge in [0.1, 0.15) is 6.29 Å². The maximum absolute atomic E-state index is 12.3. The highest BCUT2D eigenvalue weighted by atomic mass is 32.1. The summed E-state index contributed by atoms with van der Waals surface area (Å²) in [4.78, 5) is 27.9. The second-order valence-corrected chi connectivity index (χ2v) is 9.51. The topological polar surface area (TPSA) is 46.6 Å². The molecule has 2 heterocycles. The summed E-state index contributed by atoms with van der Waals surface area (Å²) >= 11 is 1.70. The Morgan fingerprint density at radius 2 is 1.96 bits per heavy atom. The number of likely N-dealkylation sites (tertiary alicyclic amines) is 1. The maximum Gasteiger partial charge on any atom is 0.339 e. The molecule has 0 N–H and O–H groups in total. The average Bonchev–Trinajstić information content (AvgIpc) is 2.94. The minimum Gasteiger partial charge on any atom is -0.465 e. The third-order valence-electron chi connectivity index (χ3n) is 5.74. The first-order valence-corrected chi connectivity index (χ1v) is 10.4. The lowest BCUT2D eigenvalue weighted by Crippen LogP contribution is -2.46. The molecule has 0 spiro atoms. The maximum atomic E-state index is 12.3. The summed E-state index contributed by atoms with van der Waals surface area (Å²) in [5, 5.41) is 0. The molecule has 2 rings (SSSR count). The van der Waals surface area contributed by atoms with Crippen molar-refractivity contribution in [2.75, 3.05) is 20.2 Å². The van der Waals surface area contributed by atoms with Crippen LogP contribution < -0.4 is 0 Å². The van der Waals surface area contributed by atoms with Gasteiger partial charge >= 0.3 is 5.97 Å². The molecule has 0 aromatic carbocycles. The summed E-state index contributed by atoms with van der Waals surface area (Å²) in [5.41, 5.74) is 1.97. The van der Waals surface area contributed by atoms with E-state index in [1.54, 1.807) is 11.3 Å². The molecule has 4 nitrogen and oxygen atoms in total. The van der Waals surface area contributed by atoms with Crippen molar-refractivity contribution in [2.24, 2.45) is 5.92 Å². The summed E-state index contributed by atoms with van der Waals surface area (Å²) in [6.45, 7) is 13.4. The molecular weight excluding hydrogens is 346 g/mol. The molecule has 0 aliphatic carbocycles. The molecule has 1 atom stereocenters. The number of carbonyl (C=O) groups is 2. The van der Waals surface area contributed by atoms with Gasteiger partial charge in [-0.2, -0.15) is 0 Å². The second kappa shape index (κ2) is 8.66. The third-order valence-corrected chi connectivity index (χ3v) is 7.30.